The molecule has 1 unspecified atom stereocenters. The molecule has 1 aliphatic rings. The van der Waals surface area contributed by atoms with Crippen LogP contribution >= 0.6 is 0 Å². The lowest BCUT2D eigenvalue weighted by Gasteiger charge is -2.17. The number of rotatable bonds is 8. The van der Waals surface area contributed by atoms with E-state index in [4.69, 9.17) is 9.47 Å². The molecule has 0 saturated heterocycles. The van der Waals surface area contributed by atoms with Gasteiger partial charge < -0.3 is 14.8 Å². The van der Waals surface area contributed by atoms with E-state index in [2.05, 4.69) is 22.2 Å². The second-order valence-electron chi connectivity index (χ2n) is 4.97. The fourth-order valence-corrected chi connectivity index (χ4v) is 2.18. The highest BCUT2D eigenvalue weighted by Gasteiger charge is 2.31. The summed E-state index contributed by atoms with van der Waals surface area (Å²) < 4.78 is 10.4. The molecule has 5 nitrogen and oxygen atoms in total. The van der Waals surface area contributed by atoms with Gasteiger partial charge in [0.25, 0.3) is 0 Å². The van der Waals surface area contributed by atoms with Crippen LogP contribution in [0.1, 0.15) is 32.0 Å². The van der Waals surface area contributed by atoms with Gasteiger partial charge in [-0.15, -0.1) is 0 Å². The van der Waals surface area contributed by atoms with Crippen molar-refractivity contribution < 1.29 is 9.47 Å². The van der Waals surface area contributed by atoms with E-state index in [9.17, 15) is 0 Å². The van der Waals surface area contributed by atoms with Crippen molar-refractivity contribution in [1.82, 2.24) is 15.3 Å². The van der Waals surface area contributed by atoms with Crippen molar-refractivity contribution >= 4 is 0 Å². The van der Waals surface area contributed by atoms with E-state index in [0.717, 1.165) is 31.1 Å². The fourth-order valence-electron chi connectivity index (χ4n) is 2.18. The van der Waals surface area contributed by atoms with Crippen LogP contribution in [0.2, 0.25) is 0 Å². The molecule has 1 heterocycles. The molecule has 1 N–H and O–H groups in total. The smallest absolute Gasteiger partial charge is 0.220 e. The zero-order chi connectivity index (χ0) is 13.7. The van der Waals surface area contributed by atoms with Gasteiger partial charge in [0.1, 0.15) is 5.82 Å². The third-order valence-electron chi connectivity index (χ3n) is 3.39. The Kier molecular flexibility index (Phi) is 4.96. The molecule has 1 fully saturated rings. The van der Waals surface area contributed by atoms with Crippen molar-refractivity contribution in [3.8, 4) is 11.8 Å². The molecule has 1 aromatic rings. The van der Waals surface area contributed by atoms with Gasteiger partial charge in [0.15, 0.2) is 0 Å². The lowest BCUT2D eigenvalue weighted by atomic mass is 10.1. The second-order valence-corrected chi connectivity index (χ2v) is 4.97. The maximum atomic E-state index is 5.18. The molecular formula is C14H23N3O2. The minimum atomic E-state index is 0.469. The largest absolute Gasteiger partial charge is 0.481 e. The summed E-state index contributed by atoms with van der Waals surface area (Å²) in [4.78, 5) is 8.81. The van der Waals surface area contributed by atoms with Gasteiger partial charge in [-0.05, 0) is 31.7 Å². The van der Waals surface area contributed by atoms with Crippen molar-refractivity contribution in [2.24, 2.45) is 5.92 Å². The molecule has 1 saturated carbocycles. The second kappa shape index (κ2) is 6.70. The summed E-state index contributed by atoms with van der Waals surface area (Å²) in [6.45, 7) is 3.23. The van der Waals surface area contributed by atoms with Crippen LogP contribution < -0.4 is 14.8 Å². The maximum Gasteiger partial charge on any atom is 0.220 e. The predicted molar refractivity (Wildman–Crippen MR) is 73.6 cm³/mol. The molecule has 1 aliphatic carbocycles. The molecule has 2 rings (SSSR count). The van der Waals surface area contributed by atoms with Gasteiger partial charge in [0, 0.05) is 12.5 Å². The Morgan fingerprint density at radius 1 is 1.26 bits per heavy atom. The van der Waals surface area contributed by atoms with E-state index in [1.54, 1.807) is 20.3 Å². The molecule has 5 heteroatoms. The summed E-state index contributed by atoms with van der Waals surface area (Å²) in [7, 11) is 3.22. The van der Waals surface area contributed by atoms with Crippen LogP contribution in [0.15, 0.2) is 6.07 Å². The number of hydrogen-bond acceptors (Lipinski definition) is 5. The van der Waals surface area contributed by atoms with Gasteiger partial charge in [0.2, 0.25) is 11.8 Å². The lowest BCUT2D eigenvalue weighted by Crippen LogP contribution is -2.34. The van der Waals surface area contributed by atoms with Crippen molar-refractivity contribution in [2.45, 2.75) is 38.6 Å². The number of hydrogen-bond donors (Lipinski definition) is 1. The summed E-state index contributed by atoms with van der Waals surface area (Å²) in [6.07, 6.45) is 4.59. The van der Waals surface area contributed by atoms with E-state index >= 15 is 0 Å². The number of ether oxygens (including phenoxy) is 2. The third-order valence-corrected chi connectivity index (χ3v) is 3.39. The monoisotopic (exact) mass is 265 g/mol. The molecular weight excluding hydrogens is 242 g/mol. The Morgan fingerprint density at radius 3 is 2.37 bits per heavy atom. The molecule has 0 spiro atoms. The van der Waals surface area contributed by atoms with Crippen LogP contribution in [-0.2, 0) is 6.42 Å². The van der Waals surface area contributed by atoms with Gasteiger partial charge in [-0.2, -0.15) is 9.97 Å². The number of aromatic nitrogens is 2. The molecule has 106 valence electrons. The van der Waals surface area contributed by atoms with Gasteiger partial charge in [-0.3, -0.25) is 0 Å². The Morgan fingerprint density at radius 2 is 1.89 bits per heavy atom. The minimum absolute atomic E-state index is 0.469. The van der Waals surface area contributed by atoms with Gasteiger partial charge >= 0.3 is 0 Å². The Balaban J connectivity index is 2.06. The van der Waals surface area contributed by atoms with Crippen LogP contribution in [0.25, 0.3) is 0 Å². The van der Waals surface area contributed by atoms with Crippen molar-refractivity contribution in [3.05, 3.63) is 11.9 Å². The molecule has 0 aromatic carbocycles. The first kappa shape index (κ1) is 14.1. The van der Waals surface area contributed by atoms with Crippen LogP contribution in [0, 0.1) is 5.92 Å². The first-order valence-corrected chi connectivity index (χ1v) is 6.96. The first-order chi connectivity index (χ1) is 9.26. The molecule has 19 heavy (non-hydrogen) atoms. The summed E-state index contributed by atoms with van der Waals surface area (Å²) >= 11 is 0. The van der Waals surface area contributed by atoms with Gasteiger partial charge in [0.05, 0.1) is 20.3 Å². The number of methoxy groups -OCH3 is 2. The van der Waals surface area contributed by atoms with Gasteiger partial charge in [-0.25, -0.2) is 0 Å². The zero-order valence-electron chi connectivity index (χ0n) is 12.0. The van der Waals surface area contributed by atoms with E-state index in [1.807, 2.05) is 0 Å². The lowest BCUT2D eigenvalue weighted by molar-refractivity contribution is 0.364. The summed E-state index contributed by atoms with van der Waals surface area (Å²) in [5.41, 5.74) is 0. The highest BCUT2D eigenvalue weighted by Crippen LogP contribution is 2.34. The summed E-state index contributed by atoms with van der Waals surface area (Å²) in [5, 5.41) is 3.59. The third kappa shape index (κ3) is 4.06. The van der Waals surface area contributed by atoms with E-state index in [0.29, 0.717) is 17.8 Å². The average Bonchev–Trinajstić information content (AvgIpc) is 3.27. The Hall–Kier alpha value is -1.36. The van der Waals surface area contributed by atoms with Crippen molar-refractivity contribution in [3.63, 3.8) is 0 Å². The topological polar surface area (TPSA) is 56.3 Å². The Labute approximate surface area is 114 Å². The average molecular weight is 265 g/mol. The highest BCUT2D eigenvalue weighted by molar-refractivity contribution is 5.21. The first-order valence-electron chi connectivity index (χ1n) is 6.96. The van der Waals surface area contributed by atoms with E-state index in [1.165, 1.54) is 12.8 Å². The van der Waals surface area contributed by atoms with Crippen molar-refractivity contribution in [2.75, 3.05) is 20.8 Å². The standard InChI is InChI=1S/C14H23N3O2/c1-4-7-15-11(10-5-6-10)8-12-16-13(18-2)9-14(17-12)19-3/h9-11,15H,4-8H2,1-3H3. The quantitative estimate of drug-likeness (QED) is 0.777. The molecule has 0 aliphatic heterocycles. The van der Waals surface area contributed by atoms with Crippen LogP contribution in [0.5, 0.6) is 11.8 Å². The summed E-state index contributed by atoms with van der Waals surface area (Å²) in [5.74, 6) is 2.68. The van der Waals surface area contributed by atoms with Crippen LogP contribution in [0.3, 0.4) is 0 Å². The molecule has 0 bridgehead atoms. The predicted octanol–water partition coefficient (Wildman–Crippen LogP) is 1.81. The molecule has 1 atom stereocenters. The van der Waals surface area contributed by atoms with Crippen LogP contribution in [0.4, 0.5) is 0 Å². The van der Waals surface area contributed by atoms with E-state index in [-0.39, 0.29) is 0 Å². The maximum absolute atomic E-state index is 5.18. The normalized spacial score (nSPS) is 16.2. The molecule has 0 amide bonds. The van der Waals surface area contributed by atoms with Crippen molar-refractivity contribution in [1.29, 1.82) is 0 Å². The summed E-state index contributed by atoms with van der Waals surface area (Å²) in [6, 6.07) is 2.17. The zero-order valence-corrected chi connectivity index (χ0v) is 12.0. The molecule has 0 radical (unpaired) electrons. The fraction of sp³-hybridized carbons (Fsp3) is 0.714. The van der Waals surface area contributed by atoms with E-state index < -0.39 is 0 Å². The van der Waals surface area contributed by atoms with Gasteiger partial charge in [-0.1, -0.05) is 6.92 Å². The Bertz CT molecular complexity index is 385. The highest BCUT2D eigenvalue weighted by atomic mass is 16.5. The number of nitrogens with zero attached hydrogens (tertiary/aromatic N) is 2. The SMILES string of the molecule is CCCNC(Cc1nc(OC)cc(OC)n1)C1CC1. The van der Waals surface area contributed by atoms with Crippen LogP contribution in [-0.4, -0.2) is 36.8 Å². The number of nitrogens with one attached hydrogen (secondary N) is 1. The minimum Gasteiger partial charge on any atom is -0.481 e. The molecule has 1 aromatic heterocycles.